The highest BCUT2D eigenvalue weighted by atomic mass is 15.0. The standard InChI is InChI=1S/C43H30N2/c1-29-14-16-32(17-15-29)33-22-27-39-38-10-4-7-13-42(38)45(43(39)28-33)35-25-20-31(21-26-35)30-18-23-34(24-19-30)44-40-11-5-2-8-36(40)37-9-3-6-12-41(37)44/h2-28H,1H3. The number of aromatic nitrogens is 2. The highest BCUT2D eigenvalue weighted by Gasteiger charge is 2.14. The largest absolute Gasteiger partial charge is 0.309 e. The molecule has 0 amide bonds. The molecule has 0 atom stereocenters. The Morgan fingerprint density at radius 3 is 1.16 bits per heavy atom. The van der Waals surface area contributed by atoms with Gasteiger partial charge in [-0.2, -0.15) is 0 Å². The van der Waals surface area contributed by atoms with Gasteiger partial charge in [0, 0.05) is 32.9 Å². The number of rotatable bonds is 4. The number of benzene rings is 7. The van der Waals surface area contributed by atoms with Crippen molar-refractivity contribution in [2.24, 2.45) is 0 Å². The van der Waals surface area contributed by atoms with Crippen LogP contribution in [0.5, 0.6) is 0 Å². The van der Waals surface area contributed by atoms with Gasteiger partial charge in [0.2, 0.25) is 0 Å². The molecule has 0 aliphatic carbocycles. The normalized spacial score (nSPS) is 11.7. The summed E-state index contributed by atoms with van der Waals surface area (Å²) in [6.45, 7) is 2.13. The molecular weight excluding hydrogens is 544 g/mol. The maximum Gasteiger partial charge on any atom is 0.0547 e. The van der Waals surface area contributed by atoms with Gasteiger partial charge in [0.25, 0.3) is 0 Å². The van der Waals surface area contributed by atoms with Crippen LogP contribution in [0.1, 0.15) is 5.56 Å². The summed E-state index contributed by atoms with van der Waals surface area (Å²) in [5, 5.41) is 5.10. The van der Waals surface area contributed by atoms with E-state index in [0.29, 0.717) is 0 Å². The molecular formula is C43H30N2. The predicted octanol–water partition coefficient (Wildman–Crippen LogP) is 11.5. The number of fused-ring (bicyclic) bond motifs is 6. The van der Waals surface area contributed by atoms with E-state index < -0.39 is 0 Å². The highest BCUT2D eigenvalue weighted by molar-refractivity contribution is 6.10. The summed E-state index contributed by atoms with van der Waals surface area (Å²) in [6.07, 6.45) is 0. The lowest BCUT2D eigenvalue weighted by atomic mass is 10.0. The van der Waals surface area contributed by atoms with Crippen molar-refractivity contribution in [2.75, 3.05) is 0 Å². The second-order valence-corrected chi connectivity index (χ2v) is 11.9. The molecule has 0 unspecified atom stereocenters. The SMILES string of the molecule is Cc1ccc(-c2ccc3c4ccccc4n(-c4ccc(-c5ccc(-n6c7ccccc7c7ccccc76)cc5)cc4)c3c2)cc1. The van der Waals surface area contributed by atoms with Crippen LogP contribution in [0.25, 0.3) is 77.2 Å². The van der Waals surface area contributed by atoms with Crippen LogP contribution in [0.15, 0.2) is 164 Å². The number of aryl methyl sites for hydroxylation is 1. The van der Waals surface area contributed by atoms with E-state index in [2.05, 4.69) is 180 Å². The van der Waals surface area contributed by atoms with Crippen LogP contribution in [-0.2, 0) is 0 Å². The molecule has 45 heavy (non-hydrogen) atoms. The van der Waals surface area contributed by atoms with Gasteiger partial charge in [0.15, 0.2) is 0 Å². The zero-order valence-electron chi connectivity index (χ0n) is 25.0. The van der Waals surface area contributed by atoms with Crippen LogP contribution < -0.4 is 0 Å². The fraction of sp³-hybridized carbons (Fsp3) is 0.0233. The van der Waals surface area contributed by atoms with Crippen molar-refractivity contribution in [1.82, 2.24) is 9.13 Å². The first kappa shape index (κ1) is 25.6. The van der Waals surface area contributed by atoms with Crippen LogP contribution in [0.3, 0.4) is 0 Å². The summed E-state index contributed by atoms with van der Waals surface area (Å²) >= 11 is 0. The lowest BCUT2D eigenvalue weighted by Crippen LogP contribution is -1.95. The van der Waals surface area contributed by atoms with Crippen molar-refractivity contribution in [2.45, 2.75) is 6.92 Å². The first-order valence-corrected chi connectivity index (χ1v) is 15.5. The van der Waals surface area contributed by atoms with Crippen molar-refractivity contribution in [3.8, 4) is 33.6 Å². The van der Waals surface area contributed by atoms with Gasteiger partial charge in [-0.1, -0.05) is 121 Å². The van der Waals surface area contributed by atoms with Gasteiger partial charge in [0.1, 0.15) is 0 Å². The average Bonchev–Trinajstić information content (AvgIpc) is 3.61. The lowest BCUT2D eigenvalue weighted by Gasteiger charge is -2.12. The third-order valence-electron chi connectivity index (χ3n) is 9.22. The van der Waals surface area contributed by atoms with Gasteiger partial charge in [-0.15, -0.1) is 0 Å². The molecule has 0 spiro atoms. The van der Waals surface area contributed by atoms with Crippen molar-refractivity contribution >= 4 is 43.6 Å². The zero-order valence-corrected chi connectivity index (χ0v) is 25.0. The third kappa shape index (κ3) is 4.11. The molecule has 2 heterocycles. The zero-order chi connectivity index (χ0) is 29.9. The summed E-state index contributed by atoms with van der Waals surface area (Å²) < 4.78 is 4.77. The van der Waals surface area contributed by atoms with E-state index in [1.54, 1.807) is 0 Å². The van der Waals surface area contributed by atoms with Crippen LogP contribution in [0.4, 0.5) is 0 Å². The number of hydrogen-bond donors (Lipinski definition) is 0. The number of hydrogen-bond acceptors (Lipinski definition) is 0. The molecule has 0 saturated heterocycles. The minimum atomic E-state index is 1.16. The molecule has 9 rings (SSSR count). The summed E-state index contributed by atoms with van der Waals surface area (Å²) in [5.74, 6) is 0. The van der Waals surface area contributed by atoms with Gasteiger partial charge in [-0.3, -0.25) is 0 Å². The molecule has 0 aliphatic rings. The second kappa shape index (κ2) is 10.1. The Bertz CT molecular complexity index is 2460. The Kier molecular flexibility index (Phi) is 5.76. The molecule has 0 radical (unpaired) electrons. The Morgan fingerprint density at radius 2 is 0.667 bits per heavy atom. The van der Waals surface area contributed by atoms with Crippen molar-refractivity contribution in [3.63, 3.8) is 0 Å². The van der Waals surface area contributed by atoms with Crippen molar-refractivity contribution in [3.05, 3.63) is 169 Å². The van der Waals surface area contributed by atoms with E-state index in [4.69, 9.17) is 0 Å². The van der Waals surface area contributed by atoms with Gasteiger partial charge < -0.3 is 9.13 Å². The topological polar surface area (TPSA) is 9.86 Å². The van der Waals surface area contributed by atoms with E-state index in [0.717, 1.165) is 5.69 Å². The molecule has 0 aliphatic heterocycles. The number of para-hydroxylation sites is 3. The van der Waals surface area contributed by atoms with Gasteiger partial charge in [-0.05, 0) is 77.7 Å². The molecule has 2 nitrogen and oxygen atoms in total. The Balaban J connectivity index is 1.11. The predicted molar refractivity (Wildman–Crippen MR) is 191 cm³/mol. The van der Waals surface area contributed by atoms with Gasteiger partial charge in [0.05, 0.1) is 22.1 Å². The molecule has 2 aromatic heterocycles. The van der Waals surface area contributed by atoms with Gasteiger partial charge >= 0.3 is 0 Å². The molecule has 2 heteroatoms. The average molecular weight is 575 g/mol. The van der Waals surface area contributed by atoms with Crippen molar-refractivity contribution in [1.29, 1.82) is 0 Å². The Morgan fingerprint density at radius 1 is 0.311 bits per heavy atom. The Labute approximate surface area is 262 Å². The second-order valence-electron chi connectivity index (χ2n) is 11.9. The van der Waals surface area contributed by atoms with Crippen LogP contribution in [0.2, 0.25) is 0 Å². The maximum atomic E-state index is 2.40. The fourth-order valence-corrected chi connectivity index (χ4v) is 6.98. The summed E-state index contributed by atoms with van der Waals surface area (Å²) in [7, 11) is 0. The molecule has 212 valence electrons. The molecule has 0 saturated carbocycles. The summed E-state index contributed by atoms with van der Waals surface area (Å²) in [4.78, 5) is 0. The maximum absolute atomic E-state index is 2.40. The smallest absolute Gasteiger partial charge is 0.0547 e. The summed E-state index contributed by atoms with van der Waals surface area (Å²) in [5.41, 5.74) is 13.4. The first-order chi connectivity index (χ1) is 22.2. The van der Waals surface area contributed by atoms with E-state index in [1.165, 1.54) is 77.1 Å². The van der Waals surface area contributed by atoms with Crippen molar-refractivity contribution < 1.29 is 0 Å². The quantitative estimate of drug-likeness (QED) is 0.198. The van der Waals surface area contributed by atoms with Crippen LogP contribution >= 0.6 is 0 Å². The highest BCUT2D eigenvalue weighted by Crippen LogP contribution is 2.36. The van der Waals surface area contributed by atoms with E-state index in [9.17, 15) is 0 Å². The lowest BCUT2D eigenvalue weighted by molar-refractivity contribution is 1.18. The fourth-order valence-electron chi connectivity index (χ4n) is 6.98. The van der Waals surface area contributed by atoms with E-state index >= 15 is 0 Å². The van der Waals surface area contributed by atoms with E-state index in [1.807, 2.05) is 0 Å². The molecule has 0 N–H and O–H groups in total. The monoisotopic (exact) mass is 574 g/mol. The van der Waals surface area contributed by atoms with Gasteiger partial charge in [-0.25, -0.2) is 0 Å². The van der Waals surface area contributed by atoms with E-state index in [-0.39, 0.29) is 0 Å². The summed E-state index contributed by atoms with van der Waals surface area (Å²) in [6, 6.07) is 59.6. The minimum Gasteiger partial charge on any atom is -0.309 e. The third-order valence-corrected chi connectivity index (χ3v) is 9.22. The van der Waals surface area contributed by atoms with Crippen LogP contribution in [-0.4, -0.2) is 9.13 Å². The minimum absolute atomic E-state index is 1.16. The Hall–Kier alpha value is -5.86. The molecule has 7 aromatic carbocycles. The molecule has 0 fully saturated rings. The van der Waals surface area contributed by atoms with Crippen LogP contribution in [0, 0.1) is 6.92 Å². The number of nitrogens with zero attached hydrogens (tertiary/aromatic N) is 2. The first-order valence-electron chi connectivity index (χ1n) is 15.5. The molecule has 9 aromatic rings. The molecule has 0 bridgehead atoms.